The van der Waals surface area contributed by atoms with Gasteiger partial charge >= 0.3 is 0 Å². The number of phenols is 2. The summed E-state index contributed by atoms with van der Waals surface area (Å²) in [5.74, 6) is 0.988. The zero-order chi connectivity index (χ0) is 26.1. The van der Waals surface area contributed by atoms with Crippen LogP contribution in [0.5, 0.6) is 23.0 Å². The fraction of sp³-hybridized carbons (Fsp3) is 0.321. The first kappa shape index (κ1) is 26.8. The molecule has 1 unspecified atom stereocenters. The number of carbonyl (C=O) groups is 1. The second-order valence-corrected chi connectivity index (χ2v) is 8.77. The van der Waals surface area contributed by atoms with E-state index in [4.69, 9.17) is 9.47 Å². The van der Waals surface area contributed by atoms with Crippen LogP contribution in [-0.4, -0.2) is 48.0 Å². The quantitative estimate of drug-likeness (QED) is 0.262. The molecule has 3 rings (SSSR count). The minimum Gasteiger partial charge on any atom is -0.508 e. The molecular weight excluding hydrogens is 460 g/mol. The van der Waals surface area contributed by atoms with Gasteiger partial charge in [-0.15, -0.1) is 0 Å². The number of phenolic OH excluding ortho intramolecular Hbond substituents is 2. The molecule has 0 aliphatic heterocycles. The van der Waals surface area contributed by atoms with E-state index in [1.165, 1.54) is 18.2 Å². The van der Waals surface area contributed by atoms with Crippen LogP contribution in [-0.2, 0) is 24.2 Å². The zero-order valence-corrected chi connectivity index (χ0v) is 20.8. The van der Waals surface area contributed by atoms with Crippen LogP contribution in [0.1, 0.15) is 35.3 Å². The molecule has 5 N–H and O–H groups in total. The predicted octanol–water partition coefficient (Wildman–Crippen LogP) is 3.23. The van der Waals surface area contributed by atoms with Crippen molar-refractivity contribution >= 4 is 5.91 Å². The van der Waals surface area contributed by atoms with Crippen LogP contribution in [0.15, 0.2) is 60.7 Å². The minimum atomic E-state index is -0.869. The van der Waals surface area contributed by atoms with Gasteiger partial charge in [0.2, 0.25) is 5.91 Å². The Morgan fingerprint density at radius 2 is 1.58 bits per heavy atom. The molecule has 8 nitrogen and oxygen atoms in total. The number of aliphatic hydroxyl groups is 1. The molecule has 192 valence electrons. The van der Waals surface area contributed by atoms with Crippen molar-refractivity contribution in [2.24, 2.45) is 0 Å². The molecule has 0 aliphatic carbocycles. The Kier molecular flexibility index (Phi) is 9.55. The van der Waals surface area contributed by atoms with Crippen LogP contribution in [0.25, 0.3) is 0 Å². The van der Waals surface area contributed by atoms with Gasteiger partial charge < -0.3 is 35.4 Å². The number of hydrogen-bond donors (Lipinski definition) is 5. The maximum atomic E-state index is 12.5. The average molecular weight is 495 g/mol. The molecule has 8 heteroatoms. The summed E-state index contributed by atoms with van der Waals surface area (Å²) in [6.45, 7) is 2.66. The number of methoxy groups -OCH3 is 2. The summed E-state index contributed by atoms with van der Waals surface area (Å²) < 4.78 is 10.6. The Labute approximate surface area is 211 Å². The predicted molar refractivity (Wildman–Crippen MR) is 137 cm³/mol. The molecule has 1 amide bonds. The Balaban J connectivity index is 1.48. The lowest BCUT2D eigenvalue weighted by Crippen LogP contribution is -2.32. The van der Waals surface area contributed by atoms with Gasteiger partial charge in [0.05, 0.1) is 26.7 Å². The number of aliphatic hydroxyl groups excluding tert-OH is 1. The topological polar surface area (TPSA) is 120 Å². The molecular formula is C28H34N2O6. The average Bonchev–Trinajstić information content (AvgIpc) is 2.85. The van der Waals surface area contributed by atoms with E-state index in [2.05, 4.69) is 10.6 Å². The van der Waals surface area contributed by atoms with Crippen LogP contribution in [0.3, 0.4) is 0 Å². The highest BCUT2D eigenvalue weighted by Crippen LogP contribution is 2.27. The molecule has 0 heterocycles. The van der Waals surface area contributed by atoms with Crippen molar-refractivity contribution in [3.05, 3.63) is 82.9 Å². The number of nitrogens with one attached hydrogen (secondary N) is 2. The third-order valence-electron chi connectivity index (χ3n) is 5.80. The molecule has 3 aromatic carbocycles. The lowest BCUT2D eigenvalue weighted by Gasteiger charge is -2.18. The first-order valence-electron chi connectivity index (χ1n) is 11.8. The van der Waals surface area contributed by atoms with E-state index >= 15 is 0 Å². The van der Waals surface area contributed by atoms with E-state index in [0.29, 0.717) is 30.0 Å². The van der Waals surface area contributed by atoms with Gasteiger partial charge in [-0.2, -0.15) is 0 Å². The van der Waals surface area contributed by atoms with Gasteiger partial charge in [-0.25, -0.2) is 0 Å². The zero-order valence-electron chi connectivity index (χ0n) is 20.8. The Morgan fingerprint density at radius 1 is 0.889 bits per heavy atom. The fourth-order valence-electron chi connectivity index (χ4n) is 3.97. The SMILES string of the molecule is COc1ccc(CNC(=O)Cc2cccc(C[C@@H](C)NCC(O)c3cc(O)cc(O)c3)c2)cc1OC. The van der Waals surface area contributed by atoms with Crippen molar-refractivity contribution in [1.29, 1.82) is 0 Å². The lowest BCUT2D eigenvalue weighted by molar-refractivity contribution is -0.120. The van der Waals surface area contributed by atoms with Crippen LogP contribution >= 0.6 is 0 Å². The minimum absolute atomic E-state index is 0.0553. The normalized spacial score (nSPS) is 12.6. The van der Waals surface area contributed by atoms with Gasteiger partial charge in [0.1, 0.15) is 11.5 Å². The Bertz CT molecular complexity index is 1150. The first-order chi connectivity index (χ1) is 17.3. The molecule has 0 aromatic heterocycles. The van der Waals surface area contributed by atoms with Gasteiger partial charge in [0, 0.05) is 25.2 Å². The second-order valence-electron chi connectivity index (χ2n) is 8.77. The van der Waals surface area contributed by atoms with Crippen LogP contribution in [0, 0.1) is 0 Å². The maximum absolute atomic E-state index is 12.5. The van der Waals surface area contributed by atoms with Crippen LogP contribution in [0.2, 0.25) is 0 Å². The van der Waals surface area contributed by atoms with Crippen molar-refractivity contribution in [2.75, 3.05) is 20.8 Å². The summed E-state index contributed by atoms with van der Waals surface area (Å²) in [5, 5.41) is 35.8. The second kappa shape index (κ2) is 12.8. The molecule has 0 radical (unpaired) electrons. The summed E-state index contributed by atoms with van der Waals surface area (Å²) in [4.78, 5) is 12.5. The van der Waals surface area contributed by atoms with Crippen molar-refractivity contribution in [3.63, 3.8) is 0 Å². The van der Waals surface area contributed by atoms with Crippen molar-refractivity contribution in [3.8, 4) is 23.0 Å². The maximum Gasteiger partial charge on any atom is 0.224 e. The van der Waals surface area contributed by atoms with Gasteiger partial charge in [-0.1, -0.05) is 30.3 Å². The smallest absolute Gasteiger partial charge is 0.224 e. The number of aromatic hydroxyl groups is 2. The molecule has 3 aromatic rings. The highest BCUT2D eigenvalue weighted by Gasteiger charge is 2.13. The number of ether oxygens (including phenoxy) is 2. The highest BCUT2D eigenvalue weighted by atomic mass is 16.5. The molecule has 0 aliphatic rings. The molecule has 2 atom stereocenters. The van der Waals surface area contributed by atoms with E-state index in [-0.39, 0.29) is 36.4 Å². The Hall–Kier alpha value is -3.75. The summed E-state index contributed by atoms with van der Waals surface area (Å²) in [7, 11) is 3.16. The molecule has 0 spiro atoms. The van der Waals surface area contributed by atoms with Crippen molar-refractivity contribution in [1.82, 2.24) is 10.6 Å². The summed E-state index contributed by atoms with van der Waals surface area (Å²) >= 11 is 0. The van der Waals surface area contributed by atoms with E-state index in [9.17, 15) is 20.1 Å². The number of amides is 1. The number of hydrogen-bond acceptors (Lipinski definition) is 7. The largest absolute Gasteiger partial charge is 0.508 e. The number of carbonyl (C=O) groups excluding carboxylic acids is 1. The number of rotatable bonds is 12. The van der Waals surface area contributed by atoms with Crippen LogP contribution < -0.4 is 20.1 Å². The van der Waals surface area contributed by atoms with E-state index < -0.39 is 6.10 Å². The summed E-state index contributed by atoms with van der Waals surface area (Å²) in [5.41, 5.74) is 3.34. The van der Waals surface area contributed by atoms with Crippen molar-refractivity contribution < 1.29 is 29.6 Å². The summed E-state index contributed by atoms with van der Waals surface area (Å²) in [6, 6.07) is 17.5. The van der Waals surface area contributed by atoms with Crippen molar-refractivity contribution in [2.45, 2.75) is 38.5 Å². The Morgan fingerprint density at radius 3 is 2.28 bits per heavy atom. The third kappa shape index (κ3) is 7.90. The first-order valence-corrected chi connectivity index (χ1v) is 11.8. The molecule has 0 saturated carbocycles. The van der Waals surface area contributed by atoms with Gasteiger partial charge in [-0.05, 0) is 59.9 Å². The molecule has 0 bridgehead atoms. The molecule has 0 saturated heterocycles. The fourth-order valence-corrected chi connectivity index (χ4v) is 3.97. The standard InChI is InChI=1S/C28H34N2O6/c1-18(29-17-25(33)22-13-23(31)15-24(32)14-22)9-19-5-4-6-20(10-19)12-28(34)30-16-21-7-8-26(35-2)27(11-21)36-3/h4-8,10-11,13-15,18,25,29,31-33H,9,12,16-17H2,1-3H3,(H,30,34)/t18-,25?/m1/s1. The molecule has 0 fully saturated rings. The van der Waals surface area contributed by atoms with Gasteiger partial charge in [-0.3, -0.25) is 4.79 Å². The van der Waals surface area contributed by atoms with E-state index in [1.54, 1.807) is 14.2 Å². The van der Waals surface area contributed by atoms with Gasteiger partial charge in [0.25, 0.3) is 0 Å². The van der Waals surface area contributed by atoms with E-state index in [1.807, 2.05) is 49.4 Å². The summed E-state index contributed by atoms with van der Waals surface area (Å²) in [6.07, 6.45) is 0.105. The van der Waals surface area contributed by atoms with Gasteiger partial charge in [0.15, 0.2) is 11.5 Å². The molecule has 36 heavy (non-hydrogen) atoms. The highest BCUT2D eigenvalue weighted by molar-refractivity contribution is 5.78. The number of benzene rings is 3. The monoisotopic (exact) mass is 494 g/mol. The lowest BCUT2D eigenvalue weighted by atomic mass is 10.0. The van der Waals surface area contributed by atoms with Crippen LogP contribution in [0.4, 0.5) is 0 Å². The third-order valence-corrected chi connectivity index (χ3v) is 5.80. The van der Waals surface area contributed by atoms with E-state index in [0.717, 1.165) is 16.7 Å².